The molecule has 144 valence electrons. The highest BCUT2D eigenvalue weighted by atomic mass is 16.6. The van der Waals surface area contributed by atoms with E-state index < -0.39 is 11.7 Å². The Kier molecular flexibility index (Phi) is 5.18. The van der Waals surface area contributed by atoms with Crippen LogP contribution in [0.25, 0.3) is 11.3 Å². The van der Waals surface area contributed by atoms with Gasteiger partial charge in [0.1, 0.15) is 5.60 Å². The number of ether oxygens (including phenoxy) is 1. The maximum atomic E-state index is 12.2. The fourth-order valence-electron chi connectivity index (χ4n) is 2.85. The van der Waals surface area contributed by atoms with Gasteiger partial charge in [-0.3, -0.25) is 4.79 Å². The molecule has 0 spiro atoms. The summed E-state index contributed by atoms with van der Waals surface area (Å²) in [5, 5.41) is 6.06. The molecule has 8 heteroatoms. The zero-order valence-corrected chi connectivity index (χ0v) is 15.8. The van der Waals surface area contributed by atoms with E-state index in [4.69, 9.17) is 10.5 Å². The lowest BCUT2D eigenvalue weighted by Gasteiger charge is -2.19. The van der Waals surface area contributed by atoms with Crippen LogP contribution in [-0.4, -0.2) is 39.7 Å². The molecule has 0 unspecified atom stereocenters. The van der Waals surface area contributed by atoms with E-state index in [1.54, 1.807) is 39.1 Å². The number of carbonyl (C=O) groups is 2. The van der Waals surface area contributed by atoms with Crippen LogP contribution in [0, 0.1) is 0 Å². The quantitative estimate of drug-likeness (QED) is 0.765. The Morgan fingerprint density at radius 1 is 1.30 bits per heavy atom. The molecule has 3 rings (SSSR count). The van der Waals surface area contributed by atoms with E-state index in [0.717, 1.165) is 24.9 Å². The van der Waals surface area contributed by atoms with Gasteiger partial charge in [-0.1, -0.05) is 12.1 Å². The SMILES string of the molecule is CC(C)(C)OC(=O)n1cc(-c2ccc(NC(=O)[C@@H]3CCCN3)cc2)nc1N. The van der Waals surface area contributed by atoms with Crippen LogP contribution < -0.4 is 16.4 Å². The number of aromatic nitrogens is 2. The van der Waals surface area contributed by atoms with E-state index in [1.165, 1.54) is 4.57 Å². The lowest BCUT2D eigenvalue weighted by molar-refractivity contribution is -0.117. The van der Waals surface area contributed by atoms with Crippen LogP contribution in [-0.2, 0) is 9.53 Å². The van der Waals surface area contributed by atoms with Crippen molar-refractivity contribution in [3.05, 3.63) is 30.5 Å². The van der Waals surface area contributed by atoms with E-state index in [9.17, 15) is 9.59 Å². The number of imidazole rings is 1. The molecule has 0 bridgehead atoms. The Morgan fingerprint density at radius 2 is 2.00 bits per heavy atom. The van der Waals surface area contributed by atoms with Gasteiger partial charge in [0, 0.05) is 17.4 Å². The minimum atomic E-state index is -0.623. The first-order valence-electron chi connectivity index (χ1n) is 8.96. The van der Waals surface area contributed by atoms with E-state index >= 15 is 0 Å². The molecule has 1 aliphatic heterocycles. The first-order chi connectivity index (χ1) is 12.7. The van der Waals surface area contributed by atoms with Crippen molar-refractivity contribution in [1.82, 2.24) is 14.9 Å². The molecule has 1 saturated heterocycles. The van der Waals surface area contributed by atoms with Gasteiger partial charge in [-0.15, -0.1) is 0 Å². The van der Waals surface area contributed by atoms with Crippen molar-refractivity contribution in [2.75, 3.05) is 17.6 Å². The minimum Gasteiger partial charge on any atom is -0.443 e. The molecule has 1 aromatic heterocycles. The van der Waals surface area contributed by atoms with Gasteiger partial charge in [-0.05, 0) is 52.3 Å². The van der Waals surface area contributed by atoms with Crippen molar-refractivity contribution in [1.29, 1.82) is 0 Å². The number of benzene rings is 1. The molecule has 1 aromatic carbocycles. The molecular weight excluding hydrogens is 346 g/mol. The average molecular weight is 371 g/mol. The number of nitrogens with zero attached hydrogens (tertiary/aromatic N) is 2. The Balaban J connectivity index is 1.71. The van der Waals surface area contributed by atoms with Crippen molar-refractivity contribution in [2.45, 2.75) is 45.3 Å². The van der Waals surface area contributed by atoms with Gasteiger partial charge >= 0.3 is 6.09 Å². The van der Waals surface area contributed by atoms with E-state index in [1.807, 2.05) is 12.1 Å². The van der Waals surface area contributed by atoms with Crippen LogP contribution in [0.2, 0.25) is 0 Å². The number of rotatable bonds is 3. The van der Waals surface area contributed by atoms with Crippen LogP contribution in [0.3, 0.4) is 0 Å². The Hall–Kier alpha value is -2.87. The van der Waals surface area contributed by atoms with E-state index in [0.29, 0.717) is 11.4 Å². The van der Waals surface area contributed by atoms with Crippen molar-refractivity contribution < 1.29 is 14.3 Å². The first-order valence-corrected chi connectivity index (χ1v) is 8.96. The highest BCUT2D eigenvalue weighted by Crippen LogP contribution is 2.23. The molecule has 8 nitrogen and oxygen atoms in total. The summed E-state index contributed by atoms with van der Waals surface area (Å²) in [5.41, 5.74) is 7.26. The summed E-state index contributed by atoms with van der Waals surface area (Å²) in [5.74, 6) is 0.0302. The van der Waals surface area contributed by atoms with Crippen molar-refractivity contribution in [3.8, 4) is 11.3 Å². The molecule has 0 aliphatic carbocycles. The molecule has 1 atom stereocenters. The minimum absolute atomic E-state index is 0.0290. The lowest BCUT2D eigenvalue weighted by Crippen LogP contribution is -2.35. The maximum absolute atomic E-state index is 12.2. The maximum Gasteiger partial charge on any atom is 0.421 e. The smallest absolute Gasteiger partial charge is 0.421 e. The number of nitrogens with one attached hydrogen (secondary N) is 2. The molecule has 1 aliphatic rings. The third-order valence-electron chi connectivity index (χ3n) is 4.15. The topological polar surface area (TPSA) is 111 Å². The number of hydrogen-bond acceptors (Lipinski definition) is 6. The zero-order valence-electron chi connectivity index (χ0n) is 15.8. The standard InChI is InChI=1S/C19H25N5O3/c1-19(2,3)27-18(26)24-11-15(23-17(24)20)12-6-8-13(9-7-12)22-16(25)14-5-4-10-21-14/h6-9,11,14,21H,4-5,10H2,1-3H3,(H2,20,23)(H,22,25)/t14-/m0/s1. The molecule has 0 radical (unpaired) electrons. The Labute approximate surface area is 158 Å². The monoisotopic (exact) mass is 371 g/mol. The van der Waals surface area contributed by atoms with Gasteiger partial charge in [0.25, 0.3) is 0 Å². The van der Waals surface area contributed by atoms with Crippen LogP contribution >= 0.6 is 0 Å². The number of nitrogens with two attached hydrogens (primary N) is 1. The molecule has 1 fully saturated rings. The second kappa shape index (κ2) is 7.40. The number of nitrogen functional groups attached to an aromatic ring is 1. The summed E-state index contributed by atoms with van der Waals surface area (Å²) >= 11 is 0. The molecular formula is C19H25N5O3. The fraction of sp³-hybridized carbons (Fsp3) is 0.421. The van der Waals surface area contributed by atoms with E-state index in [-0.39, 0.29) is 17.9 Å². The third kappa shape index (κ3) is 4.65. The van der Waals surface area contributed by atoms with E-state index in [2.05, 4.69) is 15.6 Å². The summed E-state index contributed by atoms with van der Waals surface area (Å²) in [6.45, 7) is 6.23. The number of anilines is 2. The van der Waals surface area contributed by atoms with Crippen LogP contribution in [0.5, 0.6) is 0 Å². The normalized spacial score (nSPS) is 16.9. The van der Waals surface area contributed by atoms with Gasteiger partial charge in [0.15, 0.2) is 0 Å². The van der Waals surface area contributed by atoms with Crippen LogP contribution in [0.15, 0.2) is 30.5 Å². The third-order valence-corrected chi connectivity index (χ3v) is 4.15. The van der Waals surface area contributed by atoms with Gasteiger partial charge in [-0.2, -0.15) is 0 Å². The average Bonchev–Trinajstić information content (AvgIpc) is 3.23. The van der Waals surface area contributed by atoms with Gasteiger partial charge in [-0.25, -0.2) is 14.3 Å². The molecule has 2 aromatic rings. The summed E-state index contributed by atoms with van der Waals surface area (Å²) in [4.78, 5) is 28.6. The lowest BCUT2D eigenvalue weighted by atomic mass is 10.1. The molecule has 1 amide bonds. The predicted molar refractivity (Wildman–Crippen MR) is 103 cm³/mol. The van der Waals surface area contributed by atoms with Crippen molar-refractivity contribution >= 4 is 23.6 Å². The summed E-state index contributed by atoms with van der Waals surface area (Å²) in [7, 11) is 0. The van der Waals surface area contributed by atoms with Gasteiger partial charge < -0.3 is 21.1 Å². The fourth-order valence-corrected chi connectivity index (χ4v) is 2.85. The molecule has 27 heavy (non-hydrogen) atoms. The number of carbonyl (C=O) groups excluding carboxylic acids is 2. The molecule has 4 N–H and O–H groups in total. The second-order valence-corrected chi connectivity index (χ2v) is 7.55. The summed E-state index contributed by atoms with van der Waals surface area (Å²) in [6.07, 6.45) is 2.83. The second-order valence-electron chi connectivity index (χ2n) is 7.55. The molecule has 2 heterocycles. The zero-order chi connectivity index (χ0) is 19.6. The summed E-state index contributed by atoms with van der Waals surface area (Å²) in [6, 6.07) is 7.10. The van der Waals surface area contributed by atoms with Crippen LogP contribution in [0.1, 0.15) is 33.6 Å². The molecule has 0 saturated carbocycles. The Morgan fingerprint density at radius 3 is 2.59 bits per heavy atom. The highest BCUT2D eigenvalue weighted by molar-refractivity contribution is 5.95. The highest BCUT2D eigenvalue weighted by Gasteiger charge is 2.22. The first kappa shape index (κ1) is 18.9. The summed E-state index contributed by atoms with van der Waals surface area (Å²) < 4.78 is 6.50. The predicted octanol–water partition coefficient (Wildman–Crippen LogP) is 2.61. The Bertz CT molecular complexity index is 830. The van der Waals surface area contributed by atoms with Gasteiger partial charge in [0.2, 0.25) is 11.9 Å². The number of hydrogen-bond donors (Lipinski definition) is 3. The van der Waals surface area contributed by atoms with Gasteiger partial charge in [0.05, 0.1) is 11.7 Å². The largest absolute Gasteiger partial charge is 0.443 e. The number of amides is 1. The van der Waals surface area contributed by atoms with Crippen LogP contribution in [0.4, 0.5) is 16.4 Å². The van der Waals surface area contributed by atoms with Crippen molar-refractivity contribution in [2.24, 2.45) is 0 Å². The van der Waals surface area contributed by atoms with Crippen molar-refractivity contribution in [3.63, 3.8) is 0 Å².